The molecule has 9 nitrogen and oxygen atoms in total. The lowest BCUT2D eigenvalue weighted by Crippen LogP contribution is -3.00. The van der Waals surface area contributed by atoms with E-state index < -0.39 is 31.1 Å². The van der Waals surface area contributed by atoms with Gasteiger partial charge in [0, 0.05) is 25.7 Å². The van der Waals surface area contributed by atoms with E-state index >= 15 is 0 Å². The van der Waals surface area contributed by atoms with Crippen molar-refractivity contribution in [2.45, 2.75) is 57.0 Å². The quantitative estimate of drug-likeness (QED) is 0.262. The van der Waals surface area contributed by atoms with E-state index in [1.54, 1.807) is 0 Å². The van der Waals surface area contributed by atoms with Crippen molar-refractivity contribution in [3.8, 4) is 0 Å². The van der Waals surface area contributed by atoms with Gasteiger partial charge in [-0.2, -0.15) is 26.3 Å². The summed E-state index contributed by atoms with van der Waals surface area (Å²) in [6.45, 7) is 5.00. The van der Waals surface area contributed by atoms with Crippen molar-refractivity contribution in [1.82, 2.24) is 4.90 Å². The molecule has 222 valence electrons. The van der Waals surface area contributed by atoms with Crippen LogP contribution in [-0.2, 0) is 20.0 Å². The van der Waals surface area contributed by atoms with E-state index in [1.807, 2.05) is 26.0 Å². The molecular weight excluding hydrogens is 581 g/mol. The summed E-state index contributed by atoms with van der Waals surface area (Å²) in [7, 11) is -7.44. The van der Waals surface area contributed by atoms with Crippen LogP contribution in [0.4, 0.5) is 26.3 Å². The van der Waals surface area contributed by atoms with Gasteiger partial charge in [0.05, 0.1) is 0 Å². The Balaban J connectivity index is -0.0000000868. The molecule has 0 saturated heterocycles. The molecule has 0 aliphatic heterocycles. The summed E-state index contributed by atoms with van der Waals surface area (Å²) in [5, 5.41) is 24.1. The molecule has 35 heavy (non-hydrogen) atoms. The molecule has 0 atom stereocenters. The third-order valence-electron chi connectivity index (χ3n) is 2.10. The average molecular weight is 617 g/mol. The average Bonchev–Trinajstić information content (AvgIpc) is 2.62. The summed E-state index contributed by atoms with van der Waals surface area (Å²) >= 11 is 5.14. The van der Waals surface area contributed by atoms with Crippen LogP contribution in [0.2, 0.25) is 0 Å². The normalized spacial score (nSPS) is 11.2. The van der Waals surface area contributed by atoms with Crippen LogP contribution in [0.15, 0.2) is 0 Å². The van der Waals surface area contributed by atoms with Crippen LogP contribution >= 0.6 is 11.6 Å². The van der Waals surface area contributed by atoms with Gasteiger partial charge in [-0.05, 0) is 40.4 Å². The number of hydrogen-bond donors (Lipinski definition) is 3. The Kier molecular flexibility index (Phi) is 36.9. The minimum atomic E-state index is -6.72. The summed E-state index contributed by atoms with van der Waals surface area (Å²) in [5.74, 6) is 0.566. The van der Waals surface area contributed by atoms with Crippen LogP contribution in [0.3, 0.4) is 0 Å². The highest BCUT2D eigenvalue weighted by Crippen LogP contribution is 2.36. The molecule has 0 saturated carbocycles. The van der Waals surface area contributed by atoms with E-state index in [2.05, 4.69) is 13.8 Å². The van der Waals surface area contributed by atoms with Gasteiger partial charge in [0.1, 0.15) is 0 Å². The summed E-state index contributed by atoms with van der Waals surface area (Å²) in [6.07, 6.45) is 4.79. The van der Waals surface area contributed by atoms with Gasteiger partial charge in [0.25, 0.3) is 0 Å². The highest BCUT2D eigenvalue weighted by atomic mass is 35.5. The monoisotopic (exact) mass is 616 g/mol. The number of aliphatic hydroxyl groups is 3. The molecule has 0 fully saturated rings. The molecule has 0 radical (unpaired) electrons. The second-order valence-electron chi connectivity index (χ2n) is 6.18. The molecule has 0 unspecified atom stereocenters. The molecule has 0 aromatic carbocycles. The second kappa shape index (κ2) is 26.9. The Labute approximate surface area is 215 Å². The summed E-state index contributed by atoms with van der Waals surface area (Å²) in [6, 6.07) is 0. The summed E-state index contributed by atoms with van der Waals surface area (Å²) in [4.78, 5) is 2.00. The van der Waals surface area contributed by atoms with Crippen LogP contribution in [0, 0.1) is 0 Å². The third kappa shape index (κ3) is 38.5. The van der Waals surface area contributed by atoms with E-state index in [4.69, 9.17) is 26.9 Å². The predicted molar refractivity (Wildman–Crippen MR) is 119 cm³/mol. The molecule has 3 N–H and O–H groups in total. The fourth-order valence-corrected chi connectivity index (χ4v) is 2.42. The van der Waals surface area contributed by atoms with Crippen molar-refractivity contribution in [3.63, 3.8) is 0 Å². The molecule has 0 heterocycles. The first-order chi connectivity index (χ1) is 15.2. The summed E-state index contributed by atoms with van der Waals surface area (Å²) in [5.41, 5.74) is -12.4. The first-order valence-electron chi connectivity index (χ1n) is 9.55. The van der Waals surface area contributed by atoms with Gasteiger partial charge in [0.15, 0.2) is 20.0 Å². The van der Waals surface area contributed by atoms with Crippen molar-refractivity contribution in [2.24, 2.45) is 0 Å². The van der Waals surface area contributed by atoms with Gasteiger partial charge >= 0.3 is 11.0 Å². The maximum absolute atomic E-state index is 11.4. The lowest BCUT2D eigenvalue weighted by molar-refractivity contribution is -0.0444. The fourth-order valence-electron chi connectivity index (χ4n) is 0.590. The van der Waals surface area contributed by atoms with Crippen LogP contribution in [0.5, 0.6) is 0 Å². The van der Waals surface area contributed by atoms with Crippen LogP contribution in [0.1, 0.15) is 46.0 Å². The number of hydrogen-bond acceptors (Lipinski definition) is 8. The smallest absolute Gasteiger partial charge is 0.480 e. The zero-order chi connectivity index (χ0) is 28.6. The highest BCUT2D eigenvalue weighted by Gasteiger charge is 2.46. The van der Waals surface area contributed by atoms with Gasteiger partial charge in [0.2, 0.25) is 0 Å². The van der Waals surface area contributed by atoms with Crippen LogP contribution in [0.25, 0.3) is 4.13 Å². The van der Waals surface area contributed by atoms with Gasteiger partial charge in [-0.3, -0.25) is 0 Å². The molecule has 0 bridgehead atoms. The largest absolute Gasteiger partial charge is 1.00 e. The summed E-state index contributed by atoms with van der Waals surface area (Å²) < 4.78 is 109. The Bertz CT molecular complexity index is 572. The zero-order valence-electron chi connectivity index (χ0n) is 20.1. The number of unbranched alkanes of at least 4 members (excludes halogenated alkanes) is 2. The second-order valence-corrected chi connectivity index (χ2v) is 9.98. The molecule has 0 aliphatic carbocycles. The third-order valence-corrected chi connectivity index (χ3v) is 5.10. The fraction of sp³-hybridized carbons (Fsp3) is 1.00. The lowest BCUT2D eigenvalue weighted by atomic mass is 10.4. The Hall–Kier alpha value is -0.140. The van der Waals surface area contributed by atoms with E-state index in [9.17, 15) is 43.2 Å². The standard InChI is InChI=1S/2C4H10O.C3H7ClO.C3H9N.C2F6NO4S2.ClH/c2*1-2-3-4-5;4-2-1-3-5;1-4(2)3;3-1(4,5)14(10,11)9-15(12,13)2(6,7)8;/h2*5H,2-4H2,1H3;5H,1-3H2;1-3H3;;1H/q;;;;-1;/p-1. The molecule has 0 aromatic heterocycles. The molecule has 0 aliphatic rings. The number of sulfonamides is 2. The minimum Gasteiger partial charge on any atom is -1.00 e. The van der Waals surface area contributed by atoms with Crippen molar-refractivity contribution in [3.05, 3.63) is 4.13 Å². The maximum Gasteiger partial charge on any atom is 0.480 e. The van der Waals surface area contributed by atoms with Crippen LogP contribution in [-0.4, -0.2) is 94.9 Å². The highest BCUT2D eigenvalue weighted by molar-refractivity contribution is 8.13. The van der Waals surface area contributed by atoms with Crippen molar-refractivity contribution >= 4 is 31.6 Å². The van der Waals surface area contributed by atoms with E-state index in [1.165, 1.54) is 0 Å². The zero-order valence-corrected chi connectivity index (χ0v) is 23.2. The lowest BCUT2D eigenvalue weighted by Gasteiger charge is -2.22. The number of rotatable bonds is 8. The van der Waals surface area contributed by atoms with Gasteiger partial charge in [-0.25, -0.2) is 16.8 Å². The van der Waals surface area contributed by atoms with Crippen molar-refractivity contribution in [1.29, 1.82) is 0 Å². The molecule has 0 rings (SSSR count). The maximum atomic E-state index is 11.4. The first-order valence-corrected chi connectivity index (χ1v) is 13.0. The number of aliphatic hydroxyl groups excluding tert-OH is 3. The molecular formula is C16H36Cl2F6N2O7S2-2. The van der Waals surface area contributed by atoms with Crippen molar-refractivity contribution < 1.29 is 70.9 Å². The number of alkyl halides is 7. The Morgan fingerprint density at radius 2 is 0.943 bits per heavy atom. The Morgan fingerprint density at radius 3 is 1.00 bits per heavy atom. The predicted octanol–water partition coefficient (Wildman–Crippen LogP) is 0.406. The van der Waals surface area contributed by atoms with E-state index in [-0.39, 0.29) is 19.0 Å². The number of halogens is 8. The molecule has 19 heteroatoms. The first kappa shape index (κ1) is 48.0. The molecule has 0 spiro atoms. The van der Waals surface area contributed by atoms with Crippen LogP contribution < -0.4 is 12.4 Å². The van der Waals surface area contributed by atoms with Gasteiger partial charge < -0.3 is 36.8 Å². The van der Waals surface area contributed by atoms with Crippen molar-refractivity contribution in [2.75, 3.05) is 46.8 Å². The topological polar surface area (TPSA) is 146 Å². The van der Waals surface area contributed by atoms with E-state index in [0.29, 0.717) is 25.5 Å². The Morgan fingerprint density at radius 1 is 0.714 bits per heavy atom. The number of nitrogens with zero attached hydrogens (tertiary/aromatic N) is 2. The minimum absolute atomic E-state index is 0. The SMILES string of the molecule is CCCCO.CCCCO.CN(C)C.O=S(=O)([N-]S(=O)(=O)C(F)(F)F)C(F)(F)F.OCCCCl.[Cl-]. The molecule has 0 aromatic rings. The van der Waals surface area contributed by atoms with E-state index in [0.717, 1.165) is 29.8 Å². The van der Waals surface area contributed by atoms with Gasteiger partial charge in [-0.15, -0.1) is 11.6 Å². The molecule has 0 amide bonds. The van der Waals surface area contributed by atoms with Gasteiger partial charge in [-0.1, -0.05) is 26.7 Å².